The molecule has 12 nitrogen and oxygen atoms in total. The number of fused-ring (bicyclic) bond motifs is 1. The van der Waals surface area contributed by atoms with E-state index in [9.17, 15) is 9.36 Å². The summed E-state index contributed by atoms with van der Waals surface area (Å²) >= 11 is 0. The lowest BCUT2D eigenvalue weighted by Crippen LogP contribution is -2.43. The lowest BCUT2D eigenvalue weighted by molar-refractivity contribution is -0.122. The first-order chi connectivity index (χ1) is 16.7. The standard InChI is InChI=1S/C22H30N7O5P/c1-14(2)8-25-22(30)18(23)7-15-3-5-16(6-4-15)34-35(31)13-32-17(10-33-35)9-29-12-28-19-20(24)26-11-27-21(19)29/h3-6,11-12,14,17-18H,7-10,13,23H2,1-2H3,(H,25,30)(H2,24,26,27)/t17-,18-,35-/m0/s1. The predicted molar refractivity (Wildman–Crippen MR) is 130 cm³/mol. The van der Waals surface area contributed by atoms with Gasteiger partial charge in [0, 0.05) is 6.54 Å². The maximum absolute atomic E-state index is 13.0. The summed E-state index contributed by atoms with van der Waals surface area (Å²) in [6.45, 7) is 5.09. The minimum atomic E-state index is -3.48. The number of hydrogen-bond donors (Lipinski definition) is 3. The molecule has 35 heavy (non-hydrogen) atoms. The van der Waals surface area contributed by atoms with Crippen LogP contribution in [-0.4, -0.2) is 57.1 Å². The molecular formula is C22H30N7O5P. The molecule has 3 aromatic rings. The maximum atomic E-state index is 13.0. The zero-order valence-corrected chi connectivity index (χ0v) is 20.6. The molecule has 0 spiro atoms. The Morgan fingerprint density at radius 3 is 2.74 bits per heavy atom. The first kappa shape index (κ1) is 25.1. The van der Waals surface area contributed by atoms with Gasteiger partial charge in [-0.2, -0.15) is 0 Å². The lowest BCUT2D eigenvalue weighted by Gasteiger charge is -2.29. The molecule has 0 bridgehead atoms. The fourth-order valence-electron chi connectivity index (χ4n) is 3.52. The van der Waals surface area contributed by atoms with E-state index in [-0.39, 0.29) is 25.0 Å². The summed E-state index contributed by atoms with van der Waals surface area (Å²) in [5.41, 5.74) is 13.8. The van der Waals surface area contributed by atoms with Crippen molar-refractivity contribution < 1.29 is 23.1 Å². The van der Waals surface area contributed by atoms with Gasteiger partial charge < -0.3 is 30.6 Å². The van der Waals surface area contributed by atoms with Crippen LogP contribution in [0.5, 0.6) is 5.75 Å². The summed E-state index contributed by atoms with van der Waals surface area (Å²) in [4.78, 5) is 24.4. The number of amides is 1. The number of carbonyl (C=O) groups is 1. The minimum absolute atomic E-state index is 0.0793. The van der Waals surface area contributed by atoms with E-state index in [1.165, 1.54) is 6.33 Å². The van der Waals surface area contributed by atoms with Crippen LogP contribution >= 0.6 is 7.60 Å². The summed E-state index contributed by atoms with van der Waals surface area (Å²) in [6, 6.07) is 6.25. The van der Waals surface area contributed by atoms with Crippen LogP contribution in [-0.2, 0) is 31.6 Å². The van der Waals surface area contributed by atoms with E-state index in [1.807, 2.05) is 13.8 Å². The van der Waals surface area contributed by atoms with Crippen molar-refractivity contribution in [3.8, 4) is 5.75 Å². The average Bonchev–Trinajstić information content (AvgIpc) is 3.24. The third-order valence-electron chi connectivity index (χ3n) is 5.40. The largest absolute Gasteiger partial charge is 0.423 e. The quantitative estimate of drug-likeness (QED) is 0.365. The molecule has 3 atom stereocenters. The van der Waals surface area contributed by atoms with Crippen molar-refractivity contribution in [2.75, 3.05) is 25.2 Å². The van der Waals surface area contributed by atoms with Gasteiger partial charge in [-0.1, -0.05) is 26.0 Å². The minimum Gasteiger partial charge on any atom is -0.423 e. The van der Waals surface area contributed by atoms with Crippen LogP contribution in [0.25, 0.3) is 11.2 Å². The summed E-state index contributed by atoms with van der Waals surface area (Å²) in [6.07, 6.45) is 2.80. The Balaban J connectivity index is 1.28. The molecule has 1 amide bonds. The van der Waals surface area contributed by atoms with Gasteiger partial charge in [-0.05, 0) is 30.0 Å². The first-order valence-corrected chi connectivity index (χ1v) is 13.0. The number of carbonyl (C=O) groups excluding carboxylic acids is 1. The summed E-state index contributed by atoms with van der Waals surface area (Å²) in [7, 11) is -3.48. The molecule has 0 unspecified atom stereocenters. The molecule has 0 radical (unpaired) electrons. The second-order valence-corrected chi connectivity index (χ2v) is 10.8. The van der Waals surface area contributed by atoms with E-state index in [4.69, 9.17) is 25.3 Å². The van der Waals surface area contributed by atoms with Gasteiger partial charge in [-0.25, -0.2) is 19.5 Å². The monoisotopic (exact) mass is 503 g/mol. The molecule has 4 rings (SSSR count). The molecular weight excluding hydrogens is 473 g/mol. The summed E-state index contributed by atoms with van der Waals surface area (Å²) in [5.74, 6) is 0.844. The van der Waals surface area contributed by atoms with E-state index in [1.54, 1.807) is 35.2 Å². The number of aromatic nitrogens is 4. The number of hydrogen-bond acceptors (Lipinski definition) is 10. The topological polar surface area (TPSA) is 169 Å². The van der Waals surface area contributed by atoms with Crippen molar-refractivity contribution in [3.63, 3.8) is 0 Å². The van der Waals surface area contributed by atoms with Crippen LogP contribution in [0.4, 0.5) is 5.82 Å². The summed E-state index contributed by atoms with van der Waals surface area (Å²) < 4.78 is 31.7. The molecule has 0 aliphatic carbocycles. The van der Waals surface area contributed by atoms with Crippen molar-refractivity contribution >= 4 is 30.5 Å². The predicted octanol–water partition coefficient (Wildman–Crippen LogP) is 1.70. The molecule has 1 saturated heterocycles. The Kier molecular flexibility index (Phi) is 7.66. The van der Waals surface area contributed by atoms with Crippen LogP contribution in [0.3, 0.4) is 0 Å². The summed E-state index contributed by atoms with van der Waals surface area (Å²) in [5, 5.41) is 2.83. The Labute approximate surface area is 202 Å². The Hall–Kier alpha value is -3.05. The molecule has 2 aromatic heterocycles. The number of benzene rings is 1. The second-order valence-electron chi connectivity index (χ2n) is 8.84. The van der Waals surface area contributed by atoms with Crippen molar-refractivity contribution in [1.29, 1.82) is 0 Å². The van der Waals surface area contributed by atoms with Crippen LogP contribution in [0.1, 0.15) is 19.4 Å². The number of nitrogens with one attached hydrogen (secondary N) is 1. The Morgan fingerprint density at radius 1 is 1.29 bits per heavy atom. The van der Waals surface area contributed by atoms with E-state index < -0.39 is 13.6 Å². The molecule has 1 aromatic carbocycles. The molecule has 1 aliphatic heterocycles. The van der Waals surface area contributed by atoms with E-state index in [0.717, 1.165) is 5.56 Å². The number of nitrogen functional groups attached to an aromatic ring is 1. The number of rotatable bonds is 9. The van der Waals surface area contributed by atoms with Gasteiger partial charge in [-0.15, -0.1) is 0 Å². The van der Waals surface area contributed by atoms with Crippen molar-refractivity contribution in [2.45, 2.75) is 39.0 Å². The normalized spacial score (nSPS) is 21.2. The SMILES string of the molecule is CC(C)CNC(=O)[C@@H](N)Cc1ccc(O[P@]2(=O)CO[C@@H](Cn3cnc4c(N)ncnc43)CO2)cc1. The molecule has 0 saturated carbocycles. The molecule has 5 N–H and O–H groups in total. The molecule has 1 fully saturated rings. The molecule has 188 valence electrons. The zero-order chi connectivity index (χ0) is 25.0. The van der Waals surface area contributed by atoms with Gasteiger partial charge in [-0.3, -0.25) is 9.32 Å². The van der Waals surface area contributed by atoms with Gasteiger partial charge in [0.1, 0.15) is 23.7 Å². The lowest BCUT2D eigenvalue weighted by atomic mass is 10.1. The number of nitrogens with zero attached hydrogens (tertiary/aromatic N) is 4. The highest BCUT2D eigenvalue weighted by Crippen LogP contribution is 2.51. The van der Waals surface area contributed by atoms with E-state index in [0.29, 0.717) is 48.2 Å². The van der Waals surface area contributed by atoms with E-state index >= 15 is 0 Å². The van der Waals surface area contributed by atoms with Crippen molar-refractivity contribution in [1.82, 2.24) is 24.8 Å². The maximum Gasteiger partial charge on any atom is 0.404 e. The highest BCUT2D eigenvalue weighted by atomic mass is 31.2. The number of imidazole rings is 1. The first-order valence-electron chi connectivity index (χ1n) is 11.3. The average molecular weight is 504 g/mol. The van der Waals surface area contributed by atoms with Gasteiger partial charge in [0.25, 0.3) is 0 Å². The Morgan fingerprint density at radius 2 is 2.06 bits per heavy atom. The third kappa shape index (κ3) is 6.34. The number of nitrogens with two attached hydrogens (primary N) is 2. The van der Waals surface area contributed by atoms with Crippen LogP contribution in [0, 0.1) is 5.92 Å². The number of ether oxygens (including phenoxy) is 1. The highest BCUT2D eigenvalue weighted by molar-refractivity contribution is 7.54. The van der Waals surface area contributed by atoms with E-state index in [2.05, 4.69) is 20.3 Å². The highest BCUT2D eigenvalue weighted by Gasteiger charge is 2.35. The Bertz CT molecular complexity index is 1200. The van der Waals surface area contributed by atoms with Crippen molar-refractivity contribution in [2.24, 2.45) is 11.7 Å². The van der Waals surface area contributed by atoms with Crippen molar-refractivity contribution in [3.05, 3.63) is 42.5 Å². The smallest absolute Gasteiger partial charge is 0.404 e. The molecule has 3 heterocycles. The van der Waals surface area contributed by atoms with Crippen LogP contribution < -0.4 is 21.3 Å². The van der Waals surface area contributed by atoms with Gasteiger partial charge in [0.05, 0.1) is 25.5 Å². The second kappa shape index (κ2) is 10.7. The molecule has 13 heteroatoms. The van der Waals surface area contributed by atoms with Gasteiger partial charge in [0.2, 0.25) is 5.91 Å². The number of anilines is 1. The fourth-order valence-corrected chi connectivity index (χ4v) is 4.93. The van der Waals surface area contributed by atoms with Gasteiger partial charge >= 0.3 is 7.60 Å². The zero-order valence-electron chi connectivity index (χ0n) is 19.7. The van der Waals surface area contributed by atoms with Crippen LogP contribution in [0.2, 0.25) is 0 Å². The fraction of sp³-hybridized carbons (Fsp3) is 0.455. The van der Waals surface area contributed by atoms with Gasteiger partial charge in [0.15, 0.2) is 17.8 Å². The molecule has 1 aliphatic rings. The third-order valence-corrected chi connectivity index (χ3v) is 6.90. The van der Waals surface area contributed by atoms with Crippen LogP contribution in [0.15, 0.2) is 36.9 Å².